The monoisotopic (exact) mass is 484 g/mol. The van der Waals surface area contributed by atoms with Crippen LogP contribution in [0, 0.1) is 6.92 Å². The van der Waals surface area contributed by atoms with E-state index in [-0.39, 0.29) is 12.1 Å². The summed E-state index contributed by atoms with van der Waals surface area (Å²) in [6.07, 6.45) is 3.04. The lowest BCUT2D eigenvalue weighted by Gasteiger charge is -2.26. The van der Waals surface area contributed by atoms with Crippen LogP contribution in [-0.4, -0.2) is 82.6 Å². The number of rotatable bonds is 12. The predicted molar refractivity (Wildman–Crippen MR) is 134 cm³/mol. The van der Waals surface area contributed by atoms with Crippen molar-refractivity contribution < 1.29 is 19.0 Å². The van der Waals surface area contributed by atoms with Crippen molar-refractivity contribution in [1.82, 2.24) is 24.5 Å². The summed E-state index contributed by atoms with van der Waals surface area (Å²) in [4.78, 5) is 18.9. The van der Waals surface area contributed by atoms with Gasteiger partial charge in [0.2, 0.25) is 5.65 Å². The van der Waals surface area contributed by atoms with Crippen LogP contribution in [0.1, 0.15) is 45.4 Å². The third-order valence-electron chi connectivity index (χ3n) is 5.95. The lowest BCUT2D eigenvalue weighted by Crippen LogP contribution is -2.38. The molecule has 1 aromatic carbocycles. The van der Waals surface area contributed by atoms with Crippen LogP contribution in [0.5, 0.6) is 5.75 Å². The van der Waals surface area contributed by atoms with E-state index in [4.69, 9.17) is 19.2 Å². The van der Waals surface area contributed by atoms with E-state index >= 15 is 0 Å². The molecular weight excluding hydrogens is 448 g/mol. The van der Waals surface area contributed by atoms with Gasteiger partial charge in [-0.05, 0) is 45.7 Å². The number of hydrogen-bond donors (Lipinski definition) is 1. The molecular formula is C25H36N6O4. The van der Waals surface area contributed by atoms with Gasteiger partial charge in [-0.15, -0.1) is 10.2 Å². The van der Waals surface area contributed by atoms with E-state index in [0.29, 0.717) is 24.5 Å². The van der Waals surface area contributed by atoms with Crippen LogP contribution in [0.25, 0.3) is 16.7 Å². The Balaban J connectivity index is 1.36. The number of hydrogen-bond acceptors (Lipinski definition) is 9. The SMILES string of the molecule is Cc1nnc2c(NCCCCCC(=O)OC(C)C)nc3cc(OCCN4CCOCC4)ccc3n12. The minimum absolute atomic E-state index is 0.0622. The second-order valence-electron chi connectivity index (χ2n) is 9.10. The highest BCUT2D eigenvalue weighted by molar-refractivity contribution is 5.84. The maximum absolute atomic E-state index is 11.7. The Kier molecular flexibility index (Phi) is 8.70. The molecule has 10 heteroatoms. The summed E-state index contributed by atoms with van der Waals surface area (Å²) in [6.45, 7) is 11.4. The Morgan fingerprint density at radius 1 is 1.17 bits per heavy atom. The number of ether oxygens (including phenoxy) is 3. The molecule has 4 rings (SSSR count). The number of nitrogens with zero attached hydrogens (tertiary/aromatic N) is 5. The van der Waals surface area contributed by atoms with E-state index in [9.17, 15) is 4.79 Å². The number of aromatic nitrogens is 4. The first-order valence-electron chi connectivity index (χ1n) is 12.5. The molecule has 3 aromatic rings. The van der Waals surface area contributed by atoms with Crippen LogP contribution >= 0.6 is 0 Å². The summed E-state index contributed by atoms with van der Waals surface area (Å²) in [5.74, 6) is 2.17. The van der Waals surface area contributed by atoms with E-state index in [1.807, 2.05) is 43.4 Å². The minimum Gasteiger partial charge on any atom is -0.492 e. The number of morpholine rings is 1. The number of esters is 1. The number of carbonyl (C=O) groups excluding carboxylic acids is 1. The zero-order chi connectivity index (χ0) is 24.6. The maximum Gasteiger partial charge on any atom is 0.306 e. The van der Waals surface area contributed by atoms with Gasteiger partial charge in [-0.25, -0.2) is 4.98 Å². The van der Waals surface area contributed by atoms with Crippen molar-refractivity contribution >= 4 is 28.5 Å². The zero-order valence-electron chi connectivity index (χ0n) is 21.0. The van der Waals surface area contributed by atoms with Crippen LogP contribution < -0.4 is 10.1 Å². The fraction of sp³-hybridized carbons (Fsp3) is 0.600. The maximum atomic E-state index is 11.7. The van der Waals surface area contributed by atoms with Gasteiger partial charge in [0.1, 0.15) is 18.2 Å². The predicted octanol–water partition coefficient (Wildman–Crippen LogP) is 3.22. The van der Waals surface area contributed by atoms with Crippen molar-refractivity contribution in [2.45, 2.75) is 52.6 Å². The molecule has 2 aromatic heterocycles. The molecule has 1 fully saturated rings. The van der Waals surface area contributed by atoms with Crippen molar-refractivity contribution in [3.63, 3.8) is 0 Å². The van der Waals surface area contributed by atoms with Crippen molar-refractivity contribution in [2.24, 2.45) is 0 Å². The van der Waals surface area contributed by atoms with E-state index < -0.39 is 0 Å². The van der Waals surface area contributed by atoms with Gasteiger partial charge < -0.3 is 19.5 Å². The van der Waals surface area contributed by atoms with E-state index in [0.717, 1.165) is 81.3 Å². The summed E-state index contributed by atoms with van der Waals surface area (Å²) < 4.78 is 18.6. The second-order valence-corrected chi connectivity index (χ2v) is 9.10. The number of fused-ring (bicyclic) bond motifs is 3. The molecule has 1 saturated heterocycles. The van der Waals surface area contributed by atoms with Crippen LogP contribution in [0.3, 0.4) is 0 Å². The lowest BCUT2D eigenvalue weighted by atomic mass is 10.2. The van der Waals surface area contributed by atoms with Gasteiger partial charge in [-0.3, -0.25) is 14.1 Å². The van der Waals surface area contributed by atoms with E-state index in [2.05, 4.69) is 20.4 Å². The molecule has 10 nitrogen and oxygen atoms in total. The van der Waals surface area contributed by atoms with Gasteiger partial charge in [0.15, 0.2) is 5.82 Å². The van der Waals surface area contributed by atoms with E-state index in [1.165, 1.54) is 0 Å². The molecule has 0 aliphatic carbocycles. The molecule has 0 atom stereocenters. The number of nitrogens with one attached hydrogen (secondary N) is 1. The normalized spacial score (nSPS) is 14.6. The number of anilines is 1. The van der Waals surface area contributed by atoms with Crippen molar-refractivity contribution in [3.8, 4) is 5.75 Å². The molecule has 0 amide bonds. The van der Waals surface area contributed by atoms with Crippen molar-refractivity contribution in [1.29, 1.82) is 0 Å². The molecule has 0 radical (unpaired) electrons. The molecule has 0 spiro atoms. The molecule has 0 saturated carbocycles. The molecule has 1 aliphatic heterocycles. The Morgan fingerprint density at radius 3 is 2.80 bits per heavy atom. The highest BCUT2D eigenvalue weighted by Gasteiger charge is 2.14. The smallest absolute Gasteiger partial charge is 0.306 e. The summed E-state index contributed by atoms with van der Waals surface area (Å²) in [7, 11) is 0. The van der Waals surface area contributed by atoms with Crippen molar-refractivity contribution in [2.75, 3.05) is 51.3 Å². The van der Waals surface area contributed by atoms with Crippen molar-refractivity contribution in [3.05, 3.63) is 24.0 Å². The lowest BCUT2D eigenvalue weighted by molar-refractivity contribution is -0.147. The van der Waals surface area contributed by atoms with Gasteiger partial charge in [-0.2, -0.15) is 0 Å². The van der Waals surface area contributed by atoms with Crippen LogP contribution in [0.15, 0.2) is 18.2 Å². The van der Waals surface area contributed by atoms with E-state index in [1.54, 1.807) is 0 Å². The zero-order valence-corrected chi connectivity index (χ0v) is 21.0. The summed E-state index contributed by atoms with van der Waals surface area (Å²) in [6, 6.07) is 5.95. The molecule has 1 aliphatic rings. The third-order valence-corrected chi connectivity index (χ3v) is 5.95. The molecule has 35 heavy (non-hydrogen) atoms. The standard InChI is InChI=1S/C25H36N6O4/c1-18(2)35-23(32)7-5-4-6-10-26-24-25-29-28-19(3)31(25)22-9-8-20(17-21(22)27-24)34-16-13-30-11-14-33-15-12-30/h8-9,17-18H,4-7,10-16H2,1-3H3,(H,26,27). The summed E-state index contributed by atoms with van der Waals surface area (Å²) in [5.41, 5.74) is 2.47. The highest BCUT2D eigenvalue weighted by Crippen LogP contribution is 2.25. The minimum atomic E-state index is -0.132. The summed E-state index contributed by atoms with van der Waals surface area (Å²) >= 11 is 0. The van der Waals surface area contributed by atoms with Gasteiger partial charge in [0, 0.05) is 38.7 Å². The molecule has 1 N–H and O–H groups in total. The third kappa shape index (κ3) is 6.79. The van der Waals surface area contributed by atoms with Gasteiger partial charge in [-0.1, -0.05) is 6.42 Å². The van der Waals surface area contributed by atoms with Gasteiger partial charge in [0.05, 0.1) is 30.4 Å². The van der Waals surface area contributed by atoms with Gasteiger partial charge in [0.25, 0.3) is 0 Å². The Labute approximate surface area is 206 Å². The number of unbranched alkanes of at least 4 members (excludes halogenated alkanes) is 2. The highest BCUT2D eigenvalue weighted by atomic mass is 16.5. The fourth-order valence-corrected chi connectivity index (χ4v) is 4.18. The quantitative estimate of drug-likeness (QED) is 0.306. The fourth-order valence-electron chi connectivity index (χ4n) is 4.18. The number of carbonyl (C=O) groups is 1. The molecule has 0 bridgehead atoms. The number of aryl methyl sites for hydroxylation is 1. The van der Waals surface area contributed by atoms with Crippen LogP contribution in [-0.2, 0) is 14.3 Å². The first-order chi connectivity index (χ1) is 17.0. The first kappa shape index (κ1) is 25.1. The largest absolute Gasteiger partial charge is 0.492 e. The van der Waals surface area contributed by atoms with Gasteiger partial charge >= 0.3 is 5.97 Å². The van der Waals surface area contributed by atoms with Crippen LogP contribution in [0.4, 0.5) is 5.82 Å². The average molecular weight is 485 g/mol. The number of benzene rings is 1. The molecule has 3 heterocycles. The summed E-state index contributed by atoms with van der Waals surface area (Å²) in [5, 5.41) is 12.0. The topological polar surface area (TPSA) is 103 Å². The Bertz CT molecular complexity index is 1130. The second kappa shape index (κ2) is 12.1. The Hall–Kier alpha value is -2.98. The van der Waals surface area contributed by atoms with Crippen LogP contribution in [0.2, 0.25) is 0 Å². The first-order valence-corrected chi connectivity index (χ1v) is 12.5. The average Bonchev–Trinajstić information content (AvgIpc) is 3.23. The molecule has 0 unspecified atom stereocenters. The molecule has 190 valence electrons. The Morgan fingerprint density at radius 2 is 2.00 bits per heavy atom.